The molecule has 0 bridgehead atoms. The van der Waals surface area contributed by atoms with Crippen LogP contribution in [-0.4, -0.2) is 32.2 Å². The van der Waals surface area contributed by atoms with Crippen molar-refractivity contribution in [2.24, 2.45) is 0 Å². The van der Waals surface area contributed by atoms with E-state index in [1.54, 1.807) is 29.1 Å². The van der Waals surface area contributed by atoms with Gasteiger partial charge in [0.1, 0.15) is 5.65 Å². The molecule has 1 atom stereocenters. The third-order valence-electron chi connectivity index (χ3n) is 4.97. The van der Waals surface area contributed by atoms with Crippen molar-refractivity contribution >= 4 is 23.3 Å². The number of fused-ring (bicyclic) bond motifs is 1. The van der Waals surface area contributed by atoms with Crippen LogP contribution in [-0.2, 0) is 5.75 Å². The van der Waals surface area contributed by atoms with E-state index in [2.05, 4.69) is 16.2 Å². The minimum atomic E-state index is -0.0414. The number of pyridine rings is 2. The lowest BCUT2D eigenvalue weighted by molar-refractivity contribution is 0.0742. The summed E-state index contributed by atoms with van der Waals surface area (Å²) in [5.41, 5.74) is 3.68. The second-order valence-electron chi connectivity index (χ2n) is 6.89. The Kier molecular flexibility index (Phi) is 5.62. The van der Waals surface area contributed by atoms with Crippen molar-refractivity contribution in [3.05, 3.63) is 96.2 Å². The molecule has 0 N–H and O–H groups in total. The zero-order chi connectivity index (χ0) is 20.2. The standard InChI is InChI=1S/C23H22N4OS/c1-17(19-6-5-12-24-14-19)26(2)23(28)18-8-10-21(11-9-18)29-16-20-15-27-13-4-3-7-22(27)25-20/h3-15,17H,16H2,1-2H3. The highest BCUT2D eigenvalue weighted by Gasteiger charge is 2.19. The maximum Gasteiger partial charge on any atom is 0.254 e. The lowest BCUT2D eigenvalue weighted by Crippen LogP contribution is -2.29. The molecule has 0 aliphatic heterocycles. The molecule has 4 rings (SSSR count). The van der Waals surface area contributed by atoms with E-state index in [-0.39, 0.29) is 11.9 Å². The molecule has 0 saturated heterocycles. The molecule has 1 unspecified atom stereocenters. The highest BCUT2D eigenvalue weighted by atomic mass is 32.2. The summed E-state index contributed by atoms with van der Waals surface area (Å²) in [6.45, 7) is 2.01. The molecule has 0 aliphatic carbocycles. The van der Waals surface area contributed by atoms with E-state index in [9.17, 15) is 4.79 Å². The van der Waals surface area contributed by atoms with E-state index in [4.69, 9.17) is 0 Å². The third kappa shape index (κ3) is 4.32. The molecule has 1 amide bonds. The highest BCUT2D eigenvalue weighted by molar-refractivity contribution is 7.98. The van der Waals surface area contributed by atoms with Crippen LogP contribution in [0, 0.1) is 0 Å². The van der Waals surface area contributed by atoms with Crippen LogP contribution in [0.3, 0.4) is 0 Å². The number of carbonyl (C=O) groups excluding carboxylic acids is 1. The van der Waals surface area contributed by atoms with E-state index in [1.165, 1.54) is 0 Å². The van der Waals surface area contributed by atoms with Gasteiger partial charge in [-0.2, -0.15) is 0 Å². The quantitative estimate of drug-likeness (QED) is 0.433. The van der Waals surface area contributed by atoms with Gasteiger partial charge < -0.3 is 9.30 Å². The molecule has 29 heavy (non-hydrogen) atoms. The Bertz CT molecular complexity index is 1080. The largest absolute Gasteiger partial charge is 0.335 e. The van der Waals surface area contributed by atoms with Gasteiger partial charge in [0.15, 0.2) is 0 Å². The van der Waals surface area contributed by atoms with E-state index >= 15 is 0 Å². The fraction of sp³-hybridized carbons (Fsp3) is 0.174. The first-order chi connectivity index (χ1) is 14.1. The van der Waals surface area contributed by atoms with Gasteiger partial charge in [-0.15, -0.1) is 11.8 Å². The van der Waals surface area contributed by atoms with Gasteiger partial charge in [0.25, 0.3) is 5.91 Å². The SMILES string of the molecule is CC(c1cccnc1)N(C)C(=O)c1ccc(SCc2cn3ccccc3n2)cc1. The average molecular weight is 403 g/mol. The van der Waals surface area contributed by atoms with Crippen molar-refractivity contribution in [2.45, 2.75) is 23.6 Å². The molecule has 0 saturated carbocycles. The molecular formula is C23H22N4OS. The monoisotopic (exact) mass is 402 g/mol. The van der Waals surface area contributed by atoms with Crippen LogP contribution in [0.2, 0.25) is 0 Å². The fourth-order valence-electron chi connectivity index (χ4n) is 3.13. The summed E-state index contributed by atoms with van der Waals surface area (Å²) in [6, 6.07) is 17.6. The first-order valence-electron chi connectivity index (χ1n) is 9.44. The summed E-state index contributed by atoms with van der Waals surface area (Å²) < 4.78 is 2.02. The van der Waals surface area contributed by atoms with Gasteiger partial charge in [0.05, 0.1) is 11.7 Å². The highest BCUT2D eigenvalue weighted by Crippen LogP contribution is 2.25. The number of thioether (sulfide) groups is 1. The van der Waals surface area contributed by atoms with Gasteiger partial charge in [-0.25, -0.2) is 4.98 Å². The van der Waals surface area contributed by atoms with Crippen molar-refractivity contribution in [3.8, 4) is 0 Å². The molecule has 3 aromatic heterocycles. The number of aromatic nitrogens is 3. The Morgan fingerprint density at radius 1 is 1.14 bits per heavy atom. The zero-order valence-corrected chi connectivity index (χ0v) is 17.2. The van der Waals surface area contributed by atoms with Gasteiger partial charge in [-0.05, 0) is 55.0 Å². The number of benzene rings is 1. The van der Waals surface area contributed by atoms with Crippen LogP contribution in [0.1, 0.15) is 34.6 Å². The molecule has 6 heteroatoms. The molecular weight excluding hydrogens is 380 g/mol. The summed E-state index contributed by atoms with van der Waals surface area (Å²) in [7, 11) is 1.83. The number of hydrogen-bond donors (Lipinski definition) is 0. The number of imidazole rings is 1. The molecule has 3 heterocycles. The van der Waals surface area contributed by atoms with Crippen molar-refractivity contribution in [3.63, 3.8) is 0 Å². The van der Waals surface area contributed by atoms with Gasteiger partial charge in [0, 0.05) is 48.0 Å². The van der Waals surface area contributed by atoms with Crippen molar-refractivity contribution in [2.75, 3.05) is 7.05 Å². The molecule has 4 aromatic rings. The topological polar surface area (TPSA) is 50.5 Å². The summed E-state index contributed by atoms with van der Waals surface area (Å²) in [5, 5.41) is 0. The number of amides is 1. The van der Waals surface area contributed by atoms with Crippen molar-refractivity contribution in [1.29, 1.82) is 0 Å². The second-order valence-corrected chi connectivity index (χ2v) is 7.94. The Hall–Kier alpha value is -3.12. The number of carbonyl (C=O) groups is 1. The number of rotatable bonds is 6. The maximum absolute atomic E-state index is 12.8. The van der Waals surface area contributed by atoms with E-state index in [1.807, 2.05) is 79.2 Å². The molecule has 0 aliphatic rings. The molecule has 0 radical (unpaired) electrons. The van der Waals surface area contributed by atoms with E-state index in [0.717, 1.165) is 27.6 Å². The summed E-state index contributed by atoms with van der Waals surface area (Å²) >= 11 is 1.71. The average Bonchev–Trinajstić information content (AvgIpc) is 3.20. The summed E-state index contributed by atoms with van der Waals surface area (Å²) in [4.78, 5) is 24.5. The molecule has 0 fully saturated rings. The first-order valence-corrected chi connectivity index (χ1v) is 10.4. The van der Waals surface area contributed by atoms with Crippen LogP contribution in [0.4, 0.5) is 0 Å². The molecule has 1 aromatic carbocycles. The second kappa shape index (κ2) is 8.49. The van der Waals surface area contributed by atoms with Gasteiger partial charge in [0.2, 0.25) is 0 Å². The minimum Gasteiger partial charge on any atom is -0.335 e. The van der Waals surface area contributed by atoms with Crippen LogP contribution in [0.5, 0.6) is 0 Å². The minimum absolute atomic E-state index is 0.00162. The van der Waals surface area contributed by atoms with Crippen LogP contribution < -0.4 is 0 Å². The number of hydrogen-bond acceptors (Lipinski definition) is 4. The molecule has 0 spiro atoms. The van der Waals surface area contributed by atoms with Crippen molar-refractivity contribution in [1.82, 2.24) is 19.3 Å². The smallest absolute Gasteiger partial charge is 0.254 e. The Balaban J connectivity index is 1.39. The Morgan fingerprint density at radius 2 is 1.97 bits per heavy atom. The third-order valence-corrected chi connectivity index (χ3v) is 6.02. The summed E-state index contributed by atoms with van der Waals surface area (Å²) in [6.07, 6.45) is 7.59. The van der Waals surface area contributed by atoms with E-state index in [0.29, 0.717) is 5.56 Å². The Labute approximate surface area is 174 Å². The Morgan fingerprint density at radius 3 is 2.69 bits per heavy atom. The normalized spacial score (nSPS) is 12.1. The predicted octanol–water partition coefficient (Wildman–Crippen LogP) is 4.85. The predicted molar refractivity (Wildman–Crippen MR) is 116 cm³/mol. The van der Waals surface area contributed by atoms with Crippen LogP contribution >= 0.6 is 11.8 Å². The molecule has 5 nitrogen and oxygen atoms in total. The van der Waals surface area contributed by atoms with Gasteiger partial charge in [-0.1, -0.05) is 12.1 Å². The van der Waals surface area contributed by atoms with Crippen LogP contribution in [0.15, 0.2) is 84.3 Å². The van der Waals surface area contributed by atoms with Crippen LogP contribution in [0.25, 0.3) is 5.65 Å². The molecule has 146 valence electrons. The van der Waals surface area contributed by atoms with Gasteiger partial charge >= 0.3 is 0 Å². The number of nitrogens with zero attached hydrogens (tertiary/aromatic N) is 4. The summed E-state index contributed by atoms with van der Waals surface area (Å²) in [5.74, 6) is 0.783. The zero-order valence-electron chi connectivity index (χ0n) is 16.4. The van der Waals surface area contributed by atoms with Crippen molar-refractivity contribution < 1.29 is 4.79 Å². The van der Waals surface area contributed by atoms with E-state index < -0.39 is 0 Å². The lowest BCUT2D eigenvalue weighted by atomic mass is 10.1. The fourth-order valence-corrected chi connectivity index (χ4v) is 3.92. The van der Waals surface area contributed by atoms with Gasteiger partial charge in [-0.3, -0.25) is 9.78 Å². The lowest BCUT2D eigenvalue weighted by Gasteiger charge is -2.25. The first kappa shape index (κ1) is 19.2. The maximum atomic E-state index is 12.8.